The summed E-state index contributed by atoms with van der Waals surface area (Å²) in [4.78, 5) is 2.35. The fourth-order valence-corrected chi connectivity index (χ4v) is 2.89. The van der Waals surface area contributed by atoms with E-state index in [-0.39, 0.29) is 0 Å². The quantitative estimate of drug-likeness (QED) is 0.743. The number of ether oxygens (including phenoxy) is 1. The molecule has 0 atom stereocenters. The lowest BCUT2D eigenvalue weighted by Gasteiger charge is -2.21. The van der Waals surface area contributed by atoms with Gasteiger partial charge in [-0.2, -0.15) is 0 Å². The molecule has 1 aliphatic carbocycles. The van der Waals surface area contributed by atoms with Crippen LogP contribution in [0.2, 0.25) is 0 Å². The monoisotopic (exact) mass is 326 g/mol. The molecule has 1 aromatic carbocycles. The van der Waals surface area contributed by atoms with E-state index in [4.69, 9.17) is 4.74 Å². The SMILES string of the molecule is COCCNCc1ccc(N(C)CC2CC2)c(Br)c1. The molecule has 3 nitrogen and oxygen atoms in total. The Balaban J connectivity index is 1.88. The Bertz CT molecular complexity index is 407. The Labute approximate surface area is 124 Å². The maximum absolute atomic E-state index is 5.02. The van der Waals surface area contributed by atoms with Crippen molar-refractivity contribution in [3.63, 3.8) is 0 Å². The van der Waals surface area contributed by atoms with Gasteiger partial charge in [0.05, 0.1) is 12.3 Å². The average Bonchev–Trinajstić information content (AvgIpc) is 3.18. The number of methoxy groups -OCH3 is 1. The molecule has 0 unspecified atom stereocenters. The number of anilines is 1. The lowest BCUT2D eigenvalue weighted by molar-refractivity contribution is 0.199. The van der Waals surface area contributed by atoms with Crippen molar-refractivity contribution in [3.05, 3.63) is 28.2 Å². The first-order chi connectivity index (χ1) is 9.20. The molecule has 0 spiro atoms. The normalized spacial score (nSPS) is 14.7. The van der Waals surface area contributed by atoms with Crippen LogP contribution < -0.4 is 10.2 Å². The molecular formula is C15H23BrN2O. The van der Waals surface area contributed by atoms with Crippen LogP contribution in [-0.4, -0.2) is 33.9 Å². The fourth-order valence-electron chi connectivity index (χ4n) is 2.16. The summed E-state index contributed by atoms with van der Waals surface area (Å²) in [6.45, 7) is 3.69. The minimum Gasteiger partial charge on any atom is -0.383 e. The van der Waals surface area contributed by atoms with Crippen LogP contribution >= 0.6 is 15.9 Å². The van der Waals surface area contributed by atoms with E-state index in [1.165, 1.54) is 35.1 Å². The van der Waals surface area contributed by atoms with Crippen molar-refractivity contribution in [3.8, 4) is 0 Å². The number of hydrogen-bond donors (Lipinski definition) is 1. The molecule has 0 aliphatic heterocycles. The highest BCUT2D eigenvalue weighted by Gasteiger charge is 2.23. The second kappa shape index (κ2) is 7.27. The van der Waals surface area contributed by atoms with E-state index < -0.39 is 0 Å². The van der Waals surface area contributed by atoms with Gasteiger partial charge < -0.3 is 15.0 Å². The van der Waals surface area contributed by atoms with Crippen LogP contribution in [0.1, 0.15) is 18.4 Å². The highest BCUT2D eigenvalue weighted by molar-refractivity contribution is 9.10. The third kappa shape index (κ3) is 4.79. The van der Waals surface area contributed by atoms with Gasteiger partial charge in [-0.25, -0.2) is 0 Å². The summed E-state index contributed by atoms with van der Waals surface area (Å²) in [6.07, 6.45) is 2.78. The van der Waals surface area contributed by atoms with Crippen molar-refractivity contribution in [1.29, 1.82) is 0 Å². The van der Waals surface area contributed by atoms with Crippen LogP contribution in [0.15, 0.2) is 22.7 Å². The van der Waals surface area contributed by atoms with E-state index in [2.05, 4.69) is 51.4 Å². The third-order valence-electron chi connectivity index (χ3n) is 3.46. The van der Waals surface area contributed by atoms with Gasteiger partial charge in [0.2, 0.25) is 0 Å². The van der Waals surface area contributed by atoms with Gasteiger partial charge in [-0.15, -0.1) is 0 Å². The standard InChI is InChI=1S/C15H23BrN2O/c1-18(11-12-3-4-12)15-6-5-13(9-14(15)16)10-17-7-8-19-2/h5-6,9,12,17H,3-4,7-8,10-11H2,1-2H3. The van der Waals surface area contributed by atoms with Crippen molar-refractivity contribution in [2.75, 3.05) is 38.8 Å². The second-order valence-corrected chi connectivity index (χ2v) is 6.13. The fraction of sp³-hybridized carbons (Fsp3) is 0.600. The highest BCUT2D eigenvalue weighted by Crippen LogP contribution is 2.33. The van der Waals surface area contributed by atoms with Gasteiger partial charge in [0, 0.05) is 38.3 Å². The van der Waals surface area contributed by atoms with Gasteiger partial charge in [0.25, 0.3) is 0 Å². The maximum atomic E-state index is 5.02. The number of nitrogens with zero attached hydrogens (tertiary/aromatic N) is 1. The lowest BCUT2D eigenvalue weighted by atomic mass is 10.2. The molecule has 1 aromatic rings. The topological polar surface area (TPSA) is 24.5 Å². The summed E-state index contributed by atoms with van der Waals surface area (Å²) in [5.74, 6) is 0.910. The molecule has 0 heterocycles. The summed E-state index contributed by atoms with van der Waals surface area (Å²) in [5.41, 5.74) is 2.58. The predicted molar refractivity (Wildman–Crippen MR) is 83.7 cm³/mol. The van der Waals surface area contributed by atoms with E-state index in [0.29, 0.717) is 0 Å². The van der Waals surface area contributed by atoms with Crippen LogP contribution in [0.25, 0.3) is 0 Å². The van der Waals surface area contributed by atoms with Crippen LogP contribution in [0.5, 0.6) is 0 Å². The number of nitrogens with one attached hydrogen (secondary N) is 1. The minimum absolute atomic E-state index is 0.753. The number of rotatable bonds is 8. The summed E-state index contributed by atoms with van der Waals surface area (Å²) >= 11 is 3.69. The molecule has 4 heteroatoms. The Hall–Kier alpha value is -0.580. The van der Waals surface area contributed by atoms with Crippen molar-refractivity contribution in [2.24, 2.45) is 5.92 Å². The zero-order chi connectivity index (χ0) is 13.7. The van der Waals surface area contributed by atoms with Gasteiger partial charge in [-0.1, -0.05) is 6.07 Å². The first kappa shape index (κ1) is 14.8. The molecule has 19 heavy (non-hydrogen) atoms. The Kier molecular flexibility index (Phi) is 5.67. The highest BCUT2D eigenvalue weighted by atomic mass is 79.9. The molecule has 0 radical (unpaired) electrons. The van der Waals surface area contributed by atoms with Gasteiger partial charge in [-0.05, 0) is 52.4 Å². The molecule has 1 aliphatic rings. The number of hydrogen-bond acceptors (Lipinski definition) is 3. The minimum atomic E-state index is 0.753. The molecule has 106 valence electrons. The zero-order valence-corrected chi connectivity index (χ0v) is 13.4. The van der Waals surface area contributed by atoms with E-state index >= 15 is 0 Å². The summed E-state index contributed by atoms with van der Waals surface area (Å²) in [7, 11) is 3.90. The molecule has 1 saturated carbocycles. The summed E-state index contributed by atoms with van der Waals surface area (Å²) < 4.78 is 6.20. The molecule has 0 amide bonds. The zero-order valence-electron chi connectivity index (χ0n) is 11.8. The largest absolute Gasteiger partial charge is 0.383 e. The van der Waals surface area contributed by atoms with Crippen molar-refractivity contribution in [2.45, 2.75) is 19.4 Å². The molecule has 2 rings (SSSR count). The van der Waals surface area contributed by atoms with Crippen molar-refractivity contribution < 1.29 is 4.74 Å². The molecule has 0 bridgehead atoms. The Morgan fingerprint density at radius 3 is 2.84 bits per heavy atom. The van der Waals surface area contributed by atoms with E-state index in [9.17, 15) is 0 Å². The van der Waals surface area contributed by atoms with Crippen molar-refractivity contribution in [1.82, 2.24) is 5.32 Å². The first-order valence-corrected chi connectivity index (χ1v) is 7.69. The maximum Gasteiger partial charge on any atom is 0.0587 e. The second-order valence-electron chi connectivity index (χ2n) is 5.28. The van der Waals surface area contributed by atoms with Crippen LogP contribution in [0.4, 0.5) is 5.69 Å². The Morgan fingerprint density at radius 1 is 1.42 bits per heavy atom. The van der Waals surface area contributed by atoms with Gasteiger partial charge in [-0.3, -0.25) is 0 Å². The van der Waals surface area contributed by atoms with E-state index in [0.717, 1.165) is 25.6 Å². The molecule has 1 N–H and O–H groups in total. The molecular weight excluding hydrogens is 304 g/mol. The number of benzene rings is 1. The Morgan fingerprint density at radius 2 is 2.21 bits per heavy atom. The molecule has 0 aromatic heterocycles. The van der Waals surface area contributed by atoms with Gasteiger partial charge in [0.15, 0.2) is 0 Å². The summed E-state index contributed by atoms with van der Waals surface area (Å²) in [5, 5.41) is 3.36. The third-order valence-corrected chi connectivity index (χ3v) is 4.10. The van der Waals surface area contributed by atoms with Crippen LogP contribution in [0, 0.1) is 5.92 Å². The molecule has 1 fully saturated rings. The van der Waals surface area contributed by atoms with E-state index in [1.54, 1.807) is 7.11 Å². The van der Waals surface area contributed by atoms with Crippen molar-refractivity contribution >= 4 is 21.6 Å². The predicted octanol–water partition coefficient (Wildman–Crippen LogP) is 3.03. The smallest absolute Gasteiger partial charge is 0.0587 e. The summed E-state index contributed by atoms with van der Waals surface area (Å²) in [6, 6.07) is 6.61. The lowest BCUT2D eigenvalue weighted by Crippen LogP contribution is -2.21. The van der Waals surface area contributed by atoms with Gasteiger partial charge >= 0.3 is 0 Å². The first-order valence-electron chi connectivity index (χ1n) is 6.90. The van der Waals surface area contributed by atoms with Crippen LogP contribution in [0.3, 0.4) is 0 Å². The van der Waals surface area contributed by atoms with Crippen LogP contribution in [-0.2, 0) is 11.3 Å². The number of halogens is 1. The average molecular weight is 327 g/mol. The van der Waals surface area contributed by atoms with E-state index in [1.807, 2.05) is 0 Å². The van der Waals surface area contributed by atoms with Gasteiger partial charge in [0.1, 0.15) is 0 Å². The molecule has 0 saturated heterocycles.